The third kappa shape index (κ3) is 5.36. The van der Waals surface area contributed by atoms with Crippen molar-refractivity contribution in [3.8, 4) is 0 Å². The molecule has 0 aromatic heterocycles. The molecule has 0 aromatic carbocycles. The lowest BCUT2D eigenvalue weighted by atomic mass is 9.95. The molecule has 1 N–H and O–H groups in total. The molecule has 1 unspecified atom stereocenters. The summed E-state index contributed by atoms with van der Waals surface area (Å²) in [4.78, 5) is 50.4. The average molecular weight is 398 g/mol. The highest BCUT2D eigenvalue weighted by Crippen LogP contribution is 2.51. The van der Waals surface area contributed by atoms with E-state index in [2.05, 4.69) is 5.32 Å². The van der Waals surface area contributed by atoms with Crippen LogP contribution in [0.25, 0.3) is 0 Å². The maximum atomic E-state index is 12.8. The van der Waals surface area contributed by atoms with E-state index in [0.29, 0.717) is 6.42 Å². The SMILES string of the molecule is COC(=O)C(C[C@H]1C(=O)N(C(=O)OC(C)(C)C)[C@H]2C[C@@H]12)NC(=O)OC(C)(C)C. The summed E-state index contributed by atoms with van der Waals surface area (Å²) in [5.41, 5.74) is -1.45. The quantitative estimate of drug-likeness (QED) is 0.571. The molecule has 0 radical (unpaired) electrons. The third-order valence-electron chi connectivity index (χ3n) is 4.46. The van der Waals surface area contributed by atoms with Crippen LogP contribution < -0.4 is 5.32 Å². The maximum Gasteiger partial charge on any atom is 0.417 e. The monoisotopic (exact) mass is 398 g/mol. The Hall–Kier alpha value is -2.32. The average Bonchev–Trinajstić information content (AvgIpc) is 3.21. The van der Waals surface area contributed by atoms with E-state index in [1.165, 1.54) is 7.11 Å². The highest BCUT2D eigenvalue weighted by molar-refractivity contribution is 5.97. The van der Waals surface area contributed by atoms with Gasteiger partial charge in [-0.05, 0) is 60.3 Å². The van der Waals surface area contributed by atoms with Gasteiger partial charge in [0, 0.05) is 12.0 Å². The second-order valence-corrected chi connectivity index (χ2v) is 9.22. The molecule has 2 aliphatic rings. The van der Waals surface area contributed by atoms with Gasteiger partial charge in [0.1, 0.15) is 17.2 Å². The number of hydrogen-bond acceptors (Lipinski definition) is 7. The van der Waals surface area contributed by atoms with Gasteiger partial charge in [0.2, 0.25) is 5.91 Å². The first-order chi connectivity index (χ1) is 12.7. The van der Waals surface area contributed by atoms with Crippen molar-refractivity contribution in [1.82, 2.24) is 10.2 Å². The van der Waals surface area contributed by atoms with E-state index in [1.807, 2.05) is 0 Å². The van der Waals surface area contributed by atoms with Crippen LogP contribution in [0.4, 0.5) is 9.59 Å². The predicted octanol–water partition coefficient (Wildman–Crippen LogP) is 2.22. The Kier molecular flexibility index (Phi) is 5.96. The van der Waals surface area contributed by atoms with Crippen molar-refractivity contribution in [3.05, 3.63) is 0 Å². The molecular formula is C19H30N2O7. The number of imide groups is 1. The molecule has 0 aromatic rings. The first kappa shape index (κ1) is 22.0. The molecule has 1 aliphatic carbocycles. The topological polar surface area (TPSA) is 111 Å². The van der Waals surface area contributed by atoms with Crippen LogP contribution in [0.3, 0.4) is 0 Å². The summed E-state index contributed by atoms with van der Waals surface area (Å²) >= 11 is 0. The van der Waals surface area contributed by atoms with Gasteiger partial charge in [-0.1, -0.05) is 0 Å². The maximum absolute atomic E-state index is 12.8. The molecule has 9 nitrogen and oxygen atoms in total. The van der Waals surface area contributed by atoms with Crippen LogP contribution in [0.15, 0.2) is 0 Å². The van der Waals surface area contributed by atoms with Crippen LogP contribution in [0.5, 0.6) is 0 Å². The number of ether oxygens (including phenoxy) is 3. The molecule has 0 bridgehead atoms. The number of hydrogen-bond donors (Lipinski definition) is 1. The minimum Gasteiger partial charge on any atom is -0.467 e. The van der Waals surface area contributed by atoms with Crippen molar-refractivity contribution < 1.29 is 33.4 Å². The zero-order valence-electron chi connectivity index (χ0n) is 17.5. The number of carbonyl (C=O) groups excluding carboxylic acids is 4. The number of piperidine rings is 1. The standard InChI is InChI=1S/C19H30N2O7/c1-18(2,3)27-16(24)20-12(15(23)26-7)8-11-10-9-13(10)21(14(11)22)17(25)28-19(4,5)6/h10-13H,8-9H2,1-7H3,(H,20,24)/t10-,11+,12?,13-/m0/s1. The van der Waals surface area contributed by atoms with Gasteiger partial charge < -0.3 is 19.5 Å². The van der Waals surface area contributed by atoms with Gasteiger partial charge >= 0.3 is 18.2 Å². The number of fused-ring (bicyclic) bond motifs is 1. The van der Waals surface area contributed by atoms with Crippen molar-refractivity contribution in [2.24, 2.45) is 11.8 Å². The van der Waals surface area contributed by atoms with Crippen LogP contribution in [0.1, 0.15) is 54.4 Å². The number of alkyl carbamates (subject to hydrolysis) is 1. The van der Waals surface area contributed by atoms with E-state index in [9.17, 15) is 19.2 Å². The Balaban J connectivity index is 2.07. The molecule has 0 spiro atoms. The Morgan fingerprint density at radius 3 is 2.18 bits per heavy atom. The number of amides is 3. The first-order valence-corrected chi connectivity index (χ1v) is 9.37. The van der Waals surface area contributed by atoms with Crippen LogP contribution in [0, 0.1) is 11.8 Å². The minimum atomic E-state index is -1.05. The zero-order valence-corrected chi connectivity index (χ0v) is 17.5. The van der Waals surface area contributed by atoms with Crippen LogP contribution >= 0.6 is 0 Å². The Labute approximate surface area is 165 Å². The molecule has 2 fully saturated rings. The smallest absolute Gasteiger partial charge is 0.417 e. The fourth-order valence-electron chi connectivity index (χ4n) is 3.33. The predicted molar refractivity (Wildman–Crippen MR) is 98.3 cm³/mol. The summed E-state index contributed by atoms with van der Waals surface area (Å²) in [6.07, 6.45) is -0.756. The molecule has 9 heteroatoms. The lowest BCUT2D eigenvalue weighted by molar-refractivity contribution is -0.144. The number of nitrogens with one attached hydrogen (secondary N) is 1. The first-order valence-electron chi connectivity index (χ1n) is 9.37. The van der Waals surface area contributed by atoms with Crippen LogP contribution in [0.2, 0.25) is 0 Å². The van der Waals surface area contributed by atoms with Crippen molar-refractivity contribution in [2.45, 2.75) is 77.7 Å². The normalized spacial score (nSPS) is 24.9. The number of nitrogens with zero attached hydrogens (tertiary/aromatic N) is 1. The number of methoxy groups -OCH3 is 1. The van der Waals surface area contributed by atoms with Gasteiger partial charge in [0.05, 0.1) is 7.11 Å². The number of esters is 1. The highest BCUT2D eigenvalue weighted by atomic mass is 16.6. The van der Waals surface area contributed by atoms with Crippen molar-refractivity contribution >= 4 is 24.1 Å². The summed E-state index contributed by atoms with van der Waals surface area (Å²) in [5, 5.41) is 2.47. The van der Waals surface area contributed by atoms with E-state index in [-0.39, 0.29) is 18.4 Å². The molecule has 1 saturated carbocycles. The summed E-state index contributed by atoms with van der Waals surface area (Å²) in [7, 11) is 1.20. The number of likely N-dealkylation sites (tertiary alicyclic amines) is 1. The fraction of sp³-hybridized carbons (Fsp3) is 0.789. The number of carbonyl (C=O) groups is 4. The highest BCUT2D eigenvalue weighted by Gasteiger charge is 2.61. The van der Waals surface area contributed by atoms with E-state index in [4.69, 9.17) is 14.2 Å². The molecule has 1 saturated heterocycles. The van der Waals surface area contributed by atoms with Crippen LogP contribution in [-0.2, 0) is 23.8 Å². The van der Waals surface area contributed by atoms with Gasteiger partial charge in [-0.25, -0.2) is 19.3 Å². The second kappa shape index (κ2) is 7.60. The van der Waals surface area contributed by atoms with E-state index in [1.54, 1.807) is 41.5 Å². The Morgan fingerprint density at radius 2 is 1.68 bits per heavy atom. The lowest BCUT2D eigenvalue weighted by Crippen LogP contribution is -2.47. The van der Waals surface area contributed by atoms with Crippen molar-refractivity contribution in [2.75, 3.05) is 7.11 Å². The van der Waals surface area contributed by atoms with Crippen molar-refractivity contribution in [1.29, 1.82) is 0 Å². The lowest BCUT2D eigenvalue weighted by Gasteiger charge is -2.26. The van der Waals surface area contributed by atoms with E-state index >= 15 is 0 Å². The van der Waals surface area contributed by atoms with Gasteiger partial charge in [0.25, 0.3) is 0 Å². The minimum absolute atomic E-state index is 0.0330. The van der Waals surface area contributed by atoms with Gasteiger partial charge in [0.15, 0.2) is 0 Å². The summed E-state index contributed by atoms with van der Waals surface area (Å²) in [5.74, 6) is -1.69. The van der Waals surface area contributed by atoms with Gasteiger partial charge in [-0.2, -0.15) is 0 Å². The fourth-order valence-corrected chi connectivity index (χ4v) is 3.33. The molecule has 4 atom stereocenters. The van der Waals surface area contributed by atoms with Crippen molar-refractivity contribution in [3.63, 3.8) is 0 Å². The summed E-state index contributed by atoms with van der Waals surface area (Å²) in [6, 6.07) is -1.26. The summed E-state index contributed by atoms with van der Waals surface area (Å²) < 4.78 is 15.2. The Morgan fingerprint density at radius 1 is 1.11 bits per heavy atom. The molecule has 2 rings (SSSR count). The van der Waals surface area contributed by atoms with Gasteiger partial charge in [-0.15, -0.1) is 0 Å². The molecule has 3 amide bonds. The Bertz CT molecular complexity index is 662. The molecule has 1 heterocycles. The van der Waals surface area contributed by atoms with Gasteiger partial charge in [-0.3, -0.25) is 4.79 Å². The molecule has 1 aliphatic heterocycles. The third-order valence-corrected chi connectivity index (χ3v) is 4.46. The molecular weight excluding hydrogens is 368 g/mol. The van der Waals surface area contributed by atoms with E-state index in [0.717, 1.165) is 4.90 Å². The van der Waals surface area contributed by atoms with Crippen LogP contribution in [-0.4, -0.2) is 59.4 Å². The number of rotatable bonds is 4. The molecule has 158 valence electrons. The zero-order chi connectivity index (χ0) is 21.4. The summed E-state index contributed by atoms with van der Waals surface area (Å²) in [6.45, 7) is 10.3. The largest absolute Gasteiger partial charge is 0.467 e. The van der Waals surface area contributed by atoms with E-state index < -0.39 is 47.2 Å². The second-order valence-electron chi connectivity index (χ2n) is 9.22. The molecule has 28 heavy (non-hydrogen) atoms.